The second-order valence-corrected chi connectivity index (χ2v) is 8.50. The molecule has 0 bridgehead atoms. The van der Waals surface area contributed by atoms with Crippen LogP contribution in [0.25, 0.3) is 0 Å². The molecule has 6 heteroatoms. The number of aliphatic imine (C=N–C) groups is 1. The Balaban J connectivity index is 0.000000386. The zero-order valence-electron chi connectivity index (χ0n) is 9.63. The minimum atomic E-state index is -0.931. The third-order valence-electron chi connectivity index (χ3n) is 2.74. The van der Waals surface area contributed by atoms with Crippen molar-refractivity contribution in [2.45, 2.75) is 25.7 Å². The molecule has 1 saturated heterocycles. The Hall–Kier alpha value is 0.633. The van der Waals surface area contributed by atoms with E-state index < -0.39 is 15.1 Å². The molecule has 2 aliphatic heterocycles. The van der Waals surface area contributed by atoms with E-state index >= 15 is 0 Å². The fraction of sp³-hybridized carbons (Fsp3) is 0.900. The van der Waals surface area contributed by atoms with Crippen molar-refractivity contribution in [2.75, 3.05) is 32.8 Å². The van der Waals surface area contributed by atoms with Gasteiger partial charge >= 0.3 is 34.5 Å². The van der Waals surface area contributed by atoms with Crippen LogP contribution in [0.3, 0.4) is 0 Å². The summed E-state index contributed by atoms with van der Waals surface area (Å²) >= 11 is -0.931. The van der Waals surface area contributed by atoms with Gasteiger partial charge in [-0.3, -0.25) is 4.99 Å². The molecule has 0 aromatic heterocycles. The van der Waals surface area contributed by atoms with Crippen LogP contribution in [0.2, 0.25) is 0 Å². The molecule has 90 valence electrons. The summed E-state index contributed by atoms with van der Waals surface area (Å²) in [6, 6.07) is 0. The fourth-order valence-corrected chi connectivity index (χ4v) is 1.97. The first-order valence-corrected chi connectivity index (χ1v) is 13.7. The van der Waals surface area contributed by atoms with E-state index in [0.29, 0.717) is 0 Å². The van der Waals surface area contributed by atoms with E-state index in [1.54, 1.807) is 0 Å². The summed E-state index contributed by atoms with van der Waals surface area (Å²) in [5.41, 5.74) is 0. The van der Waals surface area contributed by atoms with Gasteiger partial charge in [-0.15, -0.1) is 0 Å². The van der Waals surface area contributed by atoms with Gasteiger partial charge in [0.25, 0.3) is 0 Å². The zero-order valence-corrected chi connectivity index (χ0v) is 14.1. The molecule has 0 saturated carbocycles. The average molecular weight is 319 g/mol. The molecular formula is C10H18Cl2N2OZn. The van der Waals surface area contributed by atoms with Gasteiger partial charge in [0.15, 0.2) is 5.90 Å². The van der Waals surface area contributed by atoms with E-state index in [0.717, 1.165) is 32.0 Å². The van der Waals surface area contributed by atoms with Crippen LogP contribution < -0.4 is 0 Å². The quantitative estimate of drug-likeness (QED) is 0.747. The third-order valence-corrected chi connectivity index (χ3v) is 2.74. The van der Waals surface area contributed by atoms with Crippen LogP contribution in [-0.2, 0) is 19.9 Å². The molecule has 2 rings (SSSR count). The normalized spacial score (nSPS) is 20.2. The first-order chi connectivity index (χ1) is 7.86. The van der Waals surface area contributed by atoms with Gasteiger partial charge in [-0.1, -0.05) is 6.42 Å². The predicted octanol–water partition coefficient (Wildman–Crippen LogP) is 2.67. The Morgan fingerprint density at radius 1 is 1.25 bits per heavy atom. The molecule has 0 unspecified atom stereocenters. The Morgan fingerprint density at radius 3 is 2.50 bits per heavy atom. The summed E-state index contributed by atoms with van der Waals surface area (Å²) in [5, 5.41) is 0. The number of nitrogens with zero attached hydrogens (tertiary/aromatic N) is 2. The van der Waals surface area contributed by atoms with E-state index in [1.807, 2.05) is 0 Å². The van der Waals surface area contributed by atoms with E-state index in [9.17, 15) is 0 Å². The van der Waals surface area contributed by atoms with Crippen LogP contribution in [0.5, 0.6) is 0 Å². The number of hydrogen-bond donors (Lipinski definition) is 0. The van der Waals surface area contributed by atoms with Crippen molar-refractivity contribution >= 4 is 25.3 Å². The molecular weight excluding hydrogens is 300 g/mol. The molecule has 1 fully saturated rings. The Morgan fingerprint density at radius 2 is 1.94 bits per heavy atom. The van der Waals surface area contributed by atoms with Crippen LogP contribution in [0, 0.1) is 0 Å². The molecule has 0 atom stereocenters. The molecule has 16 heavy (non-hydrogen) atoms. The van der Waals surface area contributed by atoms with Gasteiger partial charge in [0.2, 0.25) is 0 Å². The molecule has 0 radical (unpaired) electrons. The number of rotatable bonds is 3. The van der Waals surface area contributed by atoms with Crippen molar-refractivity contribution in [3.05, 3.63) is 0 Å². The van der Waals surface area contributed by atoms with Crippen molar-refractivity contribution < 1.29 is 19.9 Å². The Bertz CT molecular complexity index is 211. The van der Waals surface area contributed by atoms with Crippen LogP contribution in [0.4, 0.5) is 0 Å². The molecule has 2 aliphatic rings. The van der Waals surface area contributed by atoms with E-state index in [-0.39, 0.29) is 0 Å². The van der Waals surface area contributed by atoms with Gasteiger partial charge in [-0.05, 0) is 25.9 Å². The topological polar surface area (TPSA) is 24.8 Å². The molecule has 0 aliphatic carbocycles. The fourth-order valence-electron chi connectivity index (χ4n) is 1.97. The summed E-state index contributed by atoms with van der Waals surface area (Å²) in [7, 11) is 9.90. The first kappa shape index (κ1) is 14.7. The van der Waals surface area contributed by atoms with Crippen molar-refractivity contribution in [3.8, 4) is 0 Å². The summed E-state index contributed by atoms with van der Waals surface area (Å²) in [6.07, 6.45) is 5.16. The number of piperidine rings is 1. The van der Waals surface area contributed by atoms with Crippen molar-refractivity contribution in [3.63, 3.8) is 0 Å². The van der Waals surface area contributed by atoms with Gasteiger partial charge in [-0.25, -0.2) is 0 Å². The summed E-state index contributed by atoms with van der Waals surface area (Å²) < 4.78 is 5.37. The third kappa shape index (κ3) is 6.39. The monoisotopic (exact) mass is 316 g/mol. The second-order valence-electron chi connectivity index (χ2n) is 3.88. The van der Waals surface area contributed by atoms with Crippen LogP contribution >= 0.6 is 19.4 Å². The second kappa shape index (κ2) is 9.64. The molecule has 2 heterocycles. The maximum atomic E-state index is 5.37. The standard InChI is InChI=1S/C10H18N2O.2ClH.Zn/c1-2-6-12(7-3-1)8-4-10-11-5-9-13-10;;;/h1-9H2;2*1H;/q;;;+2/p-2. The minimum absolute atomic E-state index is 0.801. The maximum absolute atomic E-state index is 5.37. The molecule has 3 nitrogen and oxygen atoms in total. The SMILES string of the molecule is C1CCN(CCC2=NCCO2)CC1.[Cl][Zn][Cl]. The number of ether oxygens (including phenoxy) is 1. The number of halogens is 2. The van der Waals surface area contributed by atoms with Gasteiger partial charge in [0, 0.05) is 13.0 Å². The van der Waals surface area contributed by atoms with Crippen LogP contribution in [0.1, 0.15) is 25.7 Å². The van der Waals surface area contributed by atoms with Gasteiger partial charge in [-0.2, -0.15) is 0 Å². The van der Waals surface area contributed by atoms with Crippen LogP contribution in [-0.4, -0.2) is 43.6 Å². The van der Waals surface area contributed by atoms with Crippen molar-refractivity contribution in [1.82, 2.24) is 4.90 Å². The molecule has 0 spiro atoms. The van der Waals surface area contributed by atoms with Gasteiger partial charge in [0.1, 0.15) is 6.61 Å². The molecule has 0 amide bonds. The van der Waals surface area contributed by atoms with Crippen molar-refractivity contribution in [1.29, 1.82) is 0 Å². The predicted molar refractivity (Wildman–Crippen MR) is 64.9 cm³/mol. The van der Waals surface area contributed by atoms with E-state index in [1.165, 1.54) is 32.4 Å². The molecule has 0 aromatic carbocycles. The molecule has 0 aromatic rings. The van der Waals surface area contributed by atoms with Crippen LogP contribution in [0.15, 0.2) is 4.99 Å². The van der Waals surface area contributed by atoms with Gasteiger partial charge < -0.3 is 9.64 Å². The Labute approximate surface area is 113 Å². The Kier molecular flexibility index (Phi) is 8.85. The summed E-state index contributed by atoms with van der Waals surface area (Å²) in [4.78, 5) is 6.81. The van der Waals surface area contributed by atoms with E-state index in [4.69, 9.17) is 24.1 Å². The number of hydrogen-bond acceptors (Lipinski definition) is 3. The van der Waals surface area contributed by atoms with Crippen molar-refractivity contribution in [2.24, 2.45) is 4.99 Å². The summed E-state index contributed by atoms with van der Waals surface area (Å²) in [5.74, 6) is 0.977. The summed E-state index contributed by atoms with van der Waals surface area (Å²) in [6.45, 7) is 5.35. The number of likely N-dealkylation sites (tertiary alicyclic amines) is 1. The van der Waals surface area contributed by atoms with Gasteiger partial charge in [0.05, 0.1) is 6.54 Å². The zero-order chi connectivity index (χ0) is 11.6. The first-order valence-electron chi connectivity index (χ1n) is 5.87. The average Bonchev–Trinajstić information content (AvgIpc) is 2.82. The van der Waals surface area contributed by atoms with E-state index in [2.05, 4.69) is 9.89 Å². The molecule has 0 N–H and O–H groups in total.